The number of carbonyl (C=O) groups excluding carboxylic acids is 1. The van der Waals surface area contributed by atoms with Crippen molar-refractivity contribution in [2.45, 2.75) is 31.3 Å². The second-order valence-electron chi connectivity index (χ2n) is 5.96. The topological polar surface area (TPSA) is 41.6 Å². The number of carbonyl (C=O) groups is 1. The second-order valence-corrected chi connectivity index (χ2v) is 5.96. The lowest BCUT2D eigenvalue weighted by molar-refractivity contribution is -0.135. The number of benzene rings is 1. The Hall–Kier alpha value is -1.62. The van der Waals surface area contributed by atoms with Gasteiger partial charge in [0, 0.05) is 25.2 Å². The molecule has 0 saturated carbocycles. The number of amides is 1. The zero-order valence-corrected chi connectivity index (χ0v) is 12.2. The molecule has 114 valence electrons. The van der Waals surface area contributed by atoms with Crippen LogP contribution >= 0.6 is 0 Å². The van der Waals surface area contributed by atoms with Crippen LogP contribution in [0.4, 0.5) is 4.39 Å². The molecule has 1 amide bonds. The summed E-state index contributed by atoms with van der Waals surface area (Å²) in [6.45, 7) is 0.892. The lowest BCUT2D eigenvalue weighted by Gasteiger charge is -2.25. The molecule has 3 unspecified atom stereocenters. The summed E-state index contributed by atoms with van der Waals surface area (Å²) >= 11 is 0. The Balaban J connectivity index is 1.46. The molecule has 1 N–H and O–H groups in total. The molecule has 3 rings (SSSR count). The van der Waals surface area contributed by atoms with Crippen LogP contribution in [0.25, 0.3) is 0 Å². The van der Waals surface area contributed by atoms with Crippen LogP contribution in [0.15, 0.2) is 24.3 Å². The lowest BCUT2D eigenvalue weighted by atomic mass is 9.88. The summed E-state index contributed by atoms with van der Waals surface area (Å²) in [6.07, 6.45) is 3.26. The van der Waals surface area contributed by atoms with Gasteiger partial charge in [-0.15, -0.1) is 0 Å². The van der Waals surface area contributed by atoms with Crippen LogP contribution in [-0.4, -0.2) is 43.1 Å². The van der Waals surface area contributed by atoms with E-state index in [9.17, 15) is 9.18 Å². The van der Waals surface area contributed by atoms with Gasteiger partial charge < -0.3 is 15.0 Å². The second kappa shape index (κ2) is 6.02. The highest BCUT2D eigenvalue weighted by molar-refractivity contribution is 5.80. The Morgan fingerprint density at radius 2 is 2.33 bits per heavy atom. The van der Waals surface area contributed by atoms with Crippen LogP contribution in [-0.2, 0) is 4.79 Å². The number of rotatable bonds is 5. The molecule has 1 aromatic rings. The zero-order valence-electron chi connectivity index (χ0n) is 12.2. The van der Waals surface area contributed by atoms with Crippen LogP contribution in [0, 0.1) is 11.7 Å². The van der Waals surface area contributed by atoms with E-state index in [0.717, 1.165) is 12.8 Å². The van der Waals surface area contributed by atoms with E-state index in [0.29, 0.717) is 31.0 Å². The number of nitrogens with zero attached hydrogens (tertiary/aromatic N) is 1. The first-order valence-electron chi connectivity index (χ1n) is 7.53. The van der Waals surface area contributed by atoms with Gasteiger partial charge in [-0.05, 0) is 31.4 Å². The van der Waals surface area contributed by atoms with Gasteiger partial charge in [0.25, 0.3) is 0 Å². The van der Waals surface area contributed by atoms with Crippen molar-refractivity contribution in [1.29, 1.82) is 0 Å². The van der Waals surface area contributed by atoms with Crippen molar-refractivity contribution in [3.63, 3.8) is 0 Å². The van der Waals surface area contributed by atoms with Gasteiger partial charge in [0.1, 0.15) is 18.2 Å². The van der Waals surface area contributed by atoms with Crippen molar-refractivity contribution in [2.75, 3.05) is 20.2 Å². The van der Waals surface area contributed by atoms with Crippen molar-refractivity contribution in [2.24, 2.45) is 5.92 Å². The van der Waals surface area contributed by atoms with Crippen molar-refractivity contribution < 1.29 is 13.9 Å². The van der Waals surface area contributed by atoms with E-state index in [1.54, 1.807) is 17.0 Å². The van der Waals surface area contributed by atoms with Crippen molar-refractivity contribution in [3.05, 3.63) is 30.1 Å². The van der Waals surface area contributed by atoms with Crippen molar-refractivity contribution in [3.8, 4) is 5.75 Å². The van der Waals surface area contributed by atoms with Gasteiger partial charge in [-0.3, -0.25) is 4.79 Å². The van der Waals surface area contributed by atoms with E-state index in [1.807, 2.05) is 7.05 Å². The van der Waals surface area contributed by atoms with Crippen molar-refractivity contribution in [1.82, 2.24) is 10.2 Å². The maximum atomic E-state index is 13.0. The van der Waals surface area contributed by atoms with Crippen LogP contribution < -0.4 is 10.1 Å². The fourth-order valence-corrected chi connectivity index (χ4v) is 3.35. The average Bonchev–Trinajstić information content (AvgIpc) is 3.09. The number of hydrogen-bond donors (Lipinski definition) is 1. The van der Waals surface area contributed by atoms with E-state index in [2.05, 4.69) is 5.32 Å². The predicted molar refractivity (Wildman–Crippen MR) is 77.6 cm³/mol. The maximum absolute atomic E-state index is 13.0. The average molecular weight is 292 g/mol. The highest BCUT2D eigenvalue weighted by Crippen LogP contribution is 2.34. The molecule has 3 atom stereocenters. The SMILES string of the molecule is CN(CCOc1cccc(F)c1)C(=O)C1CC2CCC1N2. The first-order chi connectivity index (χ1) is 10.1. The molecule has 5 heteroatoms. The van der Waals surface area contributed by atoms with Gasteiger partial charge >= 0.3 is 0 Å². The van der Waals surface area contributed by atoms with Crippen LogP contribution in [0.2, 0.25) is 0 Å². The van der Waals surface area contributed by atoms with Gasteiger partial charge in [-0.2, -0.15) is 0 Å². The minimum Gasteiger partial charge on any atom is -0.492 e. The van der Waals surface area contributed by atoms with E-state index in [1.165, 1.54) is 18.6 Å². The summed E-state index contributed by atoms with van der Waals surface area (Å²) in [5.41, 5.74) is 0. The summed E-state index contributed by atoms with van der Waals surface area (Å²) in [5, 5.41) is 3.48. The Morgan fingerprint density at radius 3 is 3.00 bits per heavy atom. The molecule has 21 heavy (non-hydrogen) atoms. The largest absolute Gasteiger partial charge is 0.492 e. The van der Waals surface area contributed by atoms with E-state index in [-0.39, 0.29) is 17.6 Å². The fraction of sp³-hybridized carbons (Fsp3) is 0.562. The molecule has 2 fully saturated rings. The molecular formula is C16H21FN2O2. The smallest absolute Gasteiger partial charge is 0.227 e. The molecule has 2 aliphatic heterocycles. The van der Waals surface area contributed by atoms with Crippen LogP contribution in [0.1, 0.15) is 19.3 Å². The Morgan fingerprint density at radius 1 is 1.48 bits per heavy atom. The highest BCUT2D eigenvalue weighted by atomic mass is 19.1. The first-order valence-corrected chi connectivity index (χ1v) is 7.53. The molecule has 0 aliphatic carbocycles. The molecule has 1 aromatic carbocycles. The Labute approximate surface area is 124 Å². The number of halogens is 1. The predicted octanol–water partition coefficient (Wildman–Crippen LogP) is 1.80. The molecule has 0 spiro atoms. The Bertz CT molecular complexity index is 523. The minimum absolute atomic E-state index is 0.114. The minimum atomic E-state index is -0.315. The number of nitrogens with one attached hydrogen (secondary N) is 1. The number of hydrogen-bond acceptors (Lipinski definition) is 3. The highest BCUT2D eigenvalue weighted by Gasteiger charge is 2.43. The van der Waals surface area contributed by atoms with Crippen molar-refractivity contribution >= 4 is 5.91 Å². The van der Waals surface area contributed by atoms with Gasteiger partial charge in [0.05, 0.1) is 12.5 Å². The van der Waals surface area contributed by atoms with E-state index < -0.39 is 0 Å². The maximum Gasteiger partial charge on any atom is 0.227 e. The third-order valence-electron chi connectivity index (χ3n) is 4.48. The molecule has 2 aliphatic rings. The summed E-state index contributed by atoms with van der Waals surface area (Å²) in [7, 11) is 1.81. The van der Waals surface area contributed by atoms with E-state index in [4.69, 9.17) is 4.74 Å². The van der Waals surface area contributed by atoms with Gasteiger partial charge in [-0.25, -0.2) is 4.39 Å². The number of ether oxygens (including phenoxy) is 1. The third-order valence-corrected chi connectivity index (χ3v) is 4.48. The molecular weight excluding hydrogens is 271 g/mol. The molecule has 4 nitrogen and oxygen atoms in total. The zero-order chi connectivity index (χ0) is 14.8. The van der Waals surface area contributed by atoms with Crippen LogP contribution in [0.3, 0.4) is 0 Å². The van der Waals surface area contributed by atoms with Gasteiger partial charge in [0.2, 0.25) is 5.91 Å². The summed E-state index contributed by atoms with van der Waals surface area (Å²) < 4.78 is 18.5. The monoisotopic (exact) mass is 292 g/mol. The molecule has 2 saturated heterocycles. The van der Waals surface area contributed by atoms with Gasteiger partial charge in [0.15, 0.2) is 0 Å². The first kappa shape index (κ1) is 14.3. The standard InChI is InChI=1S/C16H21FN2O2/c1-19(7-8-21-13-4-2-3-11(17)9-13)16(20)14-10-12-5-6-15(14)18-12/h2-4,9,12,14-15,18H,5-8,10H2,1H3. The molecule has 2 bridgehead atoms. The van der Waals surface area contributed by atoms with Crippen LogP contribution in [0.5, 0.6) is 5.75 Å². The van der Waals surface area contributed by atoms with E-state index >= 15 is 0 Å². The fourth-order valence-electron chi connectivity index (χ4n) is 3.35. The third kappa shape index (κ3) is 3.18. The molecule has 2 heterocycles. The van der Waals surface area contributed by atoms with Gasteiger partial charge in [-0.1, -0.05) is 6.07 Å². The molecule has 0 aromatic heterocycles. The quantitative estimate of drug-likeness (QED) is 0.900. The molecule has 0 radical (unpaired) electrons. The number of fused-ring (bicyclic) bond motifs is 2. The summed E-state index contributed by atoms with van der Waals surface area (Å²) in [4.78, 5) is 14.1. The summed E-state index contributed by atoms with van der Waals surface area (Å²) in [5.74, 6) is 0.489. The normalized spacial score (nSPS) is 26.9. The summed E-state index contributed by atoms with van der Waals surface area (Å²) in [6, 6.07) is 6.94. The Kier molecular flexibility index (Phi) is 4.10. The number of likely N-dealkylation sites (N-methyl/N-ethyl adjacent to an activating group) is 1. The lowest BCUT2D eigenvalue weighted by Crippen LogP contribution is -2.40.